The molecular formula is C35H50Cl3N7O4. The van der Waals surface area contributed by atoms with Gasteiger partial charge in [-0.1, -0.05) is 12.1 Å². The van der Waals surface area contributed by atoms with E-state index in [1.165, 1.54) is 0 Å². The Hall–Kier alpha value is -3.77. The molecule has 270 valence electrons. The molecule has 0 saturated carbocycles. The van der Waals surface area contributed by atoms with E-state index in [2.05, 4.69) is 45.1 Å². The largest absolute Gasteiger partial charge is 0.497 e. The maximum atomic E-state index is 12.5. The predicted octanol–water partition coefficient (Wildman–Crippen LogP) is 6.27. The average molecular weight is 739 g/mol. The number of fused-ring (bicyclic) bond motifs is 2. The number of nitrogens with zero attached hydrogens (tertiary/aromatic N) is 2. The number of hydrogen-bond donors (Lipinski definition) is 5. The minimum Gasteiger partial charge on any atom is -0.497 e. The summed E-state index contributed by atoms with van der Waals surface area (Å²) < 4.78 is 10.9. The summed E-state index contributed by atoms with van der Waals surface area (Å²) in [5.41, 5.74) is 9.69. The molecule has 2 unspecified atom stereocenters. The molecule has 0 bridgehead atoms. The summed E-state index contributed by atoms with van der Waals surface area (Å²) in [5.74, 6) is 1.19. The standard InChI is InChI=1S/C35H47N7O4.3ClH/c1-23(41-30-21-27(45-3)19-25-11-7-16-38-33(25)30)9-5-15-37-32(43)14-13-29(36)35(44)40-18-6-10-24(2)42-31-22-28(46-4)20-26-12-8-17-39-34(26)31;;;/h7-8,11-12,16-17,19-24,29,41-42H,5-6,9-10,13-15,18,36H2,1-4H3,(H,37,43)(H,40,44);3*1H/t23?,24?,29-;;;/m1.../s1. The topological polar surface area (TPSA) is 153 Å². The van der Waals surface area contributed by atoms with Crippen LogP contribution < -0.4 is 36.5 Å². The van der Waals surface area contributed by atoms with Crippen LogP contribution >= 0.6 is 37.2 Å². The third kappa shape index (κ3) is 13.2. The van der Waals surface area contributed by atoms with E-state index in [0.29, 0.717) is 19.5 Å². The molecule has 4 aromatic rings. The van der Waals surface area contributed by atoms with Gasteiger partial charge in [0.15, 0.2) is 0 Å². The van der Waals surface area contributed by atoms with E-state index >= 15 is 0 Å². The summed E-state index contributed by atoms with van der Waals surface area (Å²) in [6.07, 6.45) is 7.32. The Bertz CT molecular complexity index is 1610. The summed E-state index contributed by atoms with van der Waals surface area (Å²) >= 11 is 0. The normalized spacial score (nSPS) is 12.3. The van der Waals surface area contributed by atoms with Gasteiger partial charge in [0.25, 0.3) is 0 Å². The predicted molar refractivity (Wildman–Crippen MR) is 206 cm³/mol. The highest BCUT2D eigenvalue weighted by Gasteiger charge is 2.16. The van der Waals surface area contributed by atoms with Crippen molar-refractivity contribution in [1.82, 2.24) is 20.6 Å². The number of nitrogens with one attached hydrogen (secondary N) is 4. The van der Waals surface area contributed by atoms with Gasteiger partial charge in [-0.05, 0) is 70.2 Å². The summed E-state index contributed by atoms with van der Waals surface area (Å²) in [5, 5.41) is 14.9. The Balaban J connectivity index is 0.00000400. The SMILES string of the molecule is COc1cc(NC(C)CCCNC(=O)CC[C@@H](N)C(=O)NCCCC(C)Nc2cc(OC)cc3cccnc23)c2ncccc2c1.Cl.Cl.Cl. The van der Waals surface area contributed by atoms with Crippen molar-refractivity contribution in [1.29, 1.82) is 0 Å². The first kappa shape index (κ1) is 43.3. The van der Waals surface area contributed by atoms with Gasteiger partial charge in [0.05, 0.1) is 42.7 Å². The first-order valence-corrected chi connectivity index (χ1v) is 16.0. The van der Waals surface area contributed by atoms with Crippen LogP contribution in [-0.4, -0.2) is 67.2 Å². The van der Waals surface area contributed by atoms with Crippen molar-refractivity contribution in [3.05, 3.63) is 60.9 Å². The fraction of sp³-hybridized carbons (Fsp3) is 0.429. The van der Waals surface area contributed by atoms with Crippen molar-refractivity contribution in [2.75, 3.05) is 37.9 Å². The van der Waals surface area contributed by atoms with Crippen LogP contribution in [0.15, 0.2) is 60.9 Å². The molecule has 2 amide bonds. The zero-order valence-corrected chi connectivity index (χ0v) is 30.9. The molecule has 0 radical (unpaired) electrons. The second kappa shape index (κ2) is 22.0. The van der Waals surface area contributed by atoms with Crippen LogP contribution in [0, 0.1) is 0 Å². The van der Waals surface area contributed by atoms with Crippen molar-refractivity contribution < 1.29 is 19.1 Å². The first-order valence-electron chi connectivity index (χ1n) is 16.0. The third-order valence-corrected chi connectivity index (χ3v) is 7.90. The molecule has 2 aromatic heterocycles. The number of carbonyl (C=O) groups excluding carboxylic acids is 2. The van der Waals surface area contributed by atoms with Crippen LogP contribution in [0.2, 0.25) is 0 Å². The second-order valence-electron chi connectivity index (χ2n) is 11.7. The quantitative estimate of drug-likeness (QED) is 0.0745. The number of rotatable bonds is 18. The van der Waals surface area contributed by atoms with Gasteiger partial charge in [0.2, 0.25) is 11.8 Å². The minimum absolute atomic E-state index is 0. The Kier molecular flexibility index (Phi) is 19.5. The first-order chi connectivity index (χ1) is 22.3. The van der Waals surface area contributed by atoms with Crippen LogP contribution in [-0.2, 0) is 9.59 Å². The molecule has 14 heteroatoms. The number of carbonyl (C=O) groups is 2. The summed E-state index contributed by atoms with van der Waals surface area (Å²) in [4.78, 5) is 33.9. The van der Waals surface area contributed by atoms with E-state index in [1.807, 2.05) is 48.5 Å². The smallest absolute Gasteiger partial charge is 0.236 e. The molecule has 4 rings (SSSR count). The molecule has 49 heavy (non-hydrogen) atoms. The fourth-order valence-corrected chi connectivity index (χ4v) is 5.35. The van der Waals surface area contributed by atoms with Gasteiger partial charge in [-0.25, -0.2) is 0 Å². The van der Waals surface area contributed by atoms with E-state index in [9.17, 15) is 9.59 Å². The second-order valence-corrected chi connectivity index (χ2v) is 11.7. The third-order valence-electron chi connectivity index (χ3n) is 7.90. The van der Waals surface area contributed by atoms with Crippen molar-refractivity contribution in [3.8, 4) is 11.5 Å². The molecule has 0 aliphatic rings. The lowest BCUT2D eigenvalue weighted by atomic mass is 10.1. The van der Waals surface area contributed by atoms with Gasteiger partial charge >= 0.3 is 0 Å². The summed E-state index contributed by atoms with van der Waals surface area (Å²) in [6.45, 7) is 5.26. The molecule has 6 N–H and O–H groups in total. The molecule has 0 spiro atoms. The van der Waals surface area contributed by atoms with Crippen molar-refractivity contribution in [2.24, 2.45) is 5.73 Å². The van der Waals surface area contributed by atoms with E-state index in [4.69, 9.17) is 15.2 Å². The number of aromatic nitrogens is 2. The van der Waals surface area contributed by atoms with Crippen molar-refractivity contribution in [3.63, 3.8) is 0 Å². The lowest BCUT2D eigenvalue weighted by molar-refractivity contribution is -0.123. The van der Waals surface area contributed by atoms with Crippen LogP contribution in [0.25, 0.3) is 21.8 Å². The number of halogens is 3. The van der Waals surface area contributed by atoms with Gasteiger partial charge in [-0.3, -0.25) is 19.6 Å². The number of hydrogen-bond acceptors (Lipinski definition) is 9. The number of nitrogens with two attached hydrogens (primary N) is 1. The van der Waals surface area contributed by atoms with E-state index in [1.54, 1.807) is 26.6 Å². The summed E-state index contributed by atoms with van der Waals surface area (Å²) in [6, 6.07) is 15.3. The number of anilines is 2. The highest BCUT2D eigenvalue weighted by atomic mass is 35.5. The Morgan fingerprint density at radius 3 is 1.67 bits per heavy atom. The molecule has 0 fully saturated rings. The zero-order chi connectivity index (χ0) is 32.9. The number of methoxy groups -OCH3 is 2. The van der Waals surface area contributed by atoms with Crippen molar-refractivity contribution >= 4 is 82.2 Å². The Morgan fingerprint density at radius 2 is 1.20 bits per heavy atom. The zero-order valence-electron chi connectivity index (χ0n) is 28.5. The number of ether oxygens (including phenoxy) is 2. The lowest BCUT2D eigenvalue weighted by Gasteiger charge is -2.18. The fourth-order valence-electron chi connectivity index (χ4n) is 5.35. The highest BCUT2D eigenvalue weighted by molar-refractivity contribution is 5.93. The molecule has 2 heterocycles. The molecule has 3 atom stereocenters. The van der Waals surface area contributed by atoms with Gasteiger partial charge < -0.3 is 36.5 Å². The summed E-state index contributed by atoms with van der Waals surface area (Å²) in [7, 11) is 3.30. The number of pyridine rings is 2. The molecular weight excluding hydrogens is 689 g/mol. The van der Waals surface area contributed by atoms with Crippen LogP contribution in [0.3, 0.4) is 0 Å². The minimum atomic E-state index is -0.731. The van der Waals surface area contributed by atoms with E-state index < -0.39 is 6.04 Å². The maximum Gasteiger partial charge on any atom is 0.236 e. The van der Waals surface area contributed by atoms with Gasteiger partial charge in [0.1, 0.15) is 11.5 Å². The van der Waals surface area contributed by atoms with Crippen LogP contribution in [0.1, 0.15) is 52.4 Å². The van der Waals surface area contributed by atoms with Gasteiger partial charge in [0, 0.05) is 66.9 Å². The number of amides is 2. The molecule has 2 aromatic carbocycles. The average Bonchev–Trinajstić information content (AvgIpc) is 3.07. The number of benzene rings is 2. The molecule has 0 aliphatic heterocycles. The Labute approximate surface area is 307 Å². The van der Waals surface area contributed by atoms with Crippen molar-refractivity contribution in [2.45, 2.75) is 70.5 Å². The molecule has 0 saturated heterocycles. The van der Waals surface area contributed by atoms with E-state index in [-0.39, 0.29) is 67.5 Å². The lowest BCUT2D eigenvalue weighted by Crippen LogP contribution is -2.42. The van der Waals surface area contributed by atoms with E-state index in [0.717, 1.165) is 70.4 Å². The van der Waals surface area contributed by atoms with Gasteiger partial charge in [-0.15, -0.1) is 37.2 Å². The monoisotopic (exact) mass is 737 g/mol. The molecule has 11 nitrogen and oxygen atoms in total. The highest BCUT2D eigenvalue weighted by Crippen LogP contribution is 2.29. The Morgan fingerprint density at radius 1 is 0.735 bits per heavy atom. The molecule has 0 aliphatic carbocycles. The van der Waals surface area contributed by atoms with Crippen LogP contribution in [0.5, 0.6) is 11.5 Å². The van der Waals surface area contributed by atoms with Gasteiger partial charge in [-0.2, -0.15) is 0 Å². The van der Waals surface area contributed by atoms with Crippen LogP contribution in [0.4, 0.5) is 11.4 Å². The maximum absolute atomic E-state index is 12.5.